The standard InChI is InChI=1S/C13H28N2O/c1-10(7-14-13(4,5)6)15-8-11(2)16-12(3)9-15/h10-12,14H,7-9H2,1-6H3. The summed E-state index contributed by atoms with van der Waals surface area (Å²) < 4.78 is 5.75. The number of hydrogen-bond acceptors (Lipinski definition) is 3. The molecule has 3 atom stereocenters. The molecule has 1 N–H and O–H groups in total. The van der Waals surface area contributed by atoms with Gasteiger partial charge in [0.1, 0.15) is 0 Å². The molecule has 1 rings (SSSR count). The van der Waals surface area contributed by atoms with Crippen molar-refractivity contribution in [2.24, 2.45) is 0 Å². The van der Waals surface area contributed by atoms with Crippen molar-refractivity contribution in [3.05, 3.63) is 0 Å². The number of ether oxygens (including phenoxy) is 1. The van der Waals surface area contributed by atoms with Crippen LogP contribution >= 0.6 is 0 Å². The molecule has 0 bridgehead atoms. The van der Waals surface area contributed by atoms with Gasteiger partial charge in [-0.05, 0) is 41.5 Å². The molecule has 1 fully saturated rings. The van der Waals surface area contributed by atoms with Crippen molar-refractivity contribution < 1.29 is 4.74 Å². The van der Waals surface area contributed by atoms with Gasteiger partial charge in [0.25, 0.3) is 0 Å². The molecule has 1 aliphatic heterocycles. The molecule has 1 saturated heterocycles. The Bertz CT molecular complexity index is 202. The first-order chi connectivity index (χ1) is 7.28. The minimum absolute atomic E-state index is 0.206. The molecule has 16 heavy (non-hydrogen) atoms. The van der Waals surface area contributed by atoms with E-state index in [0.717, 1.165) is 19.6 Å². The summed E-state index contributed by atoms with van der Waals surface area (Å²) in [7, 11) is 0. The highest BCUT2D eigenvalue weighted by Crippen LogP contribution is 2.13. The lowest BCUT2D eigenvalue weighted by Gasteiger charge is -2.39. The Kier molecular flexibility index (Phi) is 4.77. The minimum Gasteiger partial charge on any atom is -0.373 e. The molecule has 0 aromatic rings. The van der Waals surface area contributed by atoms with Gasteiger partial charge in [-0.25, -0.2) is 0 Å². The predicted molar refractivity (Wildman–Crippen MR) is 68.8 cm³/mol. The van der Waals surface area contributed by atoms with Crippen LogP contribution in [0.1, 0.15) is 41.5 Å². The van der Waals surface area contributed by atoms with Crippen molar-refractivity contribution in [1.29, 1.82) is 0 Å². The highest BCUT2D eigenvalue weighted by Gasteiger charge is 2.26. The van der Waals surface area contributed by atoms with Gasteiger partial charge in [-0.1, -0.05) is 0 Å². The molecule has 0 aliphatic carbocycles. The van der Waals surface area contributed by atoms with Gasteiger partial charge in [0.05, 0.1) is 12.2 Å². The summed E-state index contributed by atoms with van der Waals surface area (Å²) in [6.07, 6.45) is 0.724. The monoisotopic (exact) mass is 228 g/mol. The normalized spacial score (nSPS) is 30.4. The second-order valence-corrected chi connectivity index (χ2v) is 6.19. The molecule has 0 amide bonds. The van der Waals surface area contributed by atoms with Crippen molar-refractivity contribution in [3.8, 4) is 0 Å². The van der Waals surface area contributed by atoms with E-state index in [2.05, 4.69) is 51.8 Å². The largest absolute Gasteiger partial charge is 0.373 e. The van der Waals surface area contributed by atoms with Gasteiger partial charge in [-0.2, -0.15) is 0 Å². The van der Waals surface area contributed by atoms with Gasteiger partial charge >= 0.3 is 0 Å². The fourth-order valence-electron chi connectivity index (χ4n) is 2.16. The molecule has 0 radical (unpaired) electrons. The van der Waals surface area contributed by atoms with E-state index in [0.29, 0.717) is 18.2 Å². The molecule has 96 valence electrons. The highest BCUT2D eigenvalue weighted by atomic mass is 16.5. The molecule has 3 heteroatoms. The molecule has 1 aliphatic rings. The Labute approximate surface area is 101 Å². The first-order valence-corrected chi connectivity index (χ1v) is 6.42. The van der Waals surface area contributed by atoms with Crippen LogP contribution in [-0.4, -0.2) is 48.3 Å². The summed E-state index contributed by atoms with van der Waals surface area (Å²) in [6, 6.07) is 0.577. The number of morpholine rings is 1. The van der Waals surface area contributed by atoms with Crippen molar-refractivity contribution in [1.82, 2.24) is 10.2 Å². The van der Waals surface area contributed by atoms with E-state index >= 15 is 0 Å². The summed E-state index contributed by atoms with van der Waals surface area (Å²) in [5, 5.41) is 3.57. The summed E-state index contributed by atoms with van der Waals surface area (Å²) in [5.74, 6) is 0. The molecule has 1 heterocycles. The van der Waals surface area contributed by atoms with Gasteiger partial charge in [0.2, 0.25) is 0 Å². The minimum atomic E-state index is 0.206. The van der Waals surface area contributed by atoms with Gasteiger partial charge in [-0.15, -0.1) is 0 Å². The lowest BCUT2D eigenvalue weighted by atomic mass is 10.1. The second kappa shape index (κ2) is 5.48. The molecular formula is C13H28N2O. The molecule has 3 nitrogen and oxygen atoms in total. The zero-order valence-electron chi connectivity index (χ0n) is 11.7. The zero-order chi connectivity index (χ0) is 12.3. The lowest BCUT2D eigenvalue weighted by molar-refractivity contribution is -0.0784. The number of nitrogens with one attached hydrogen (secondary N) is 1. The number of rotatable bonds is 3. The Balaban J connectivity index is 2.38. The highest BCUT2D eigenvalue weighted by molar-refractivity contribution is 4.81. The van der Waals surface area contributed by atoms with E-state index in [1.165, 1.54) is 0 Å². The van der Waals surface area contributed by atoms with E-state index in [4.69, 9.17) is 4.74 Å². The van der Waals surface area contributed by atoms with Crippen LogP contribution in [0.5, 0.6) is 0 Å². The summed E-state index contributed by atoms with van der Waals surface area (Å²) in [5.41, 5.74) is 0.206. The molecule has 0 aromatic heterocycles. The van der Waals surface area contributed by atoms with Crippen LogP contribution in [0.25, 0.3) is 0 Å². The fourth-order valence-corrected chi connectivity index (χ4v) is 2.16. The van der Waals surface area contributed by atoms with E-state index in [9.17, 15) is 0 Å². The third-order valence-electron chi connectivity index (χ3n) is 3.00. The van der Waals surface area contributed by atoms with E-state index in [-0.39, 0.29) is 5.54 Å². The first-order valence-electron chi connectivity index (χ1n) is 6.42. The van der Waals surface area contributed by atoms with Gasteiger partial charge < -0.3 is 10.1 Å². The van der Waals surface area contributed by atoms with Gasteiger partial charge in [-0.3, -0.25) is 4.90 Å². The van der Waals surface area contributed by atoms with E-state index < -0.39 is 0 Å². The fraction of sp³-hybridized carbons (Fsp3) is 1.00. The maximum absolute atomic E-state index is 5.75. The van der Waals surface area contributed by atoms with Crippen molar-refractivity contribution in [2.45, 2.75) is 65.3 Å². The van der Waals surface area contributed by atoms with Crippen molar-refractivity contribution >= 4 is 0 Å². The smallest absolute Gasteiger partial charge is 0.0678 e. The summed E-state index contributed by atoms with van der Waals surface area (Å²) in [4.78, 5) is 2.53. The molecule has 0 spiro atoms. The van der Waals surface area contributed by atoms with Crippen molar-refractivity contribution in [2.75, 3.05) is 19.6 Å². The maximum atomic E-state index is 5.75. The van der Waals surface area contributed by atoms with E-state index in [1.807, 2.05) is 0 Å². The molecule has 0 aromatic carbocycles. The quantitative estimate of drug-likeness (QED) is 0.798. The van der Waals surface area contributed by atoms with Crippen LogP contribution in [0.3, 0.4) is 0 Å². The third-order valence-corrected chi connectivity index (χ3v) is 3.00. The Morgan fingerprint density at radius 3 is 2.19 bits per heavy atom. The molecular weight excluding hydrogens is 200 g/mol. The van der Waals surface area contributed by atoms with Crippen LogP contribution in [0.2, 0.25) is 0 Å². The Hall–Kier alpha value is -0.120. The molecule has 0 saturated carbocycles. The predicted octanol–water partition coefficient (Wildman–Crippen LogP) is 1.87. The third kappa shape index (κ3) is 4.81. The Morgan fingerprint density at radius 1 is 1.25 bits per heavy atom. The van der Waals surface area contributed by atoms with Crippen LogP contribution in [0, 0.1) is 0 Å². The maximum Gasteiger partial charge on any atom is 0.0678 e. The van der Waals surface area contributed by atoms with Crippen LogP contribution in [0.15, 0.2) is 0 Å². The molecule has 3 unspecified atom stereocenters. The average Bonchev–Trinajstić information content (AvgIpc) is 2.11. The topological polar surface area (TPSA) is 24.5 Å². The van der Waals surface area contributed by atoms with Crippen molar-refractivity contribution in [3.63, 3.8) is 0 Å². The second-order valence-electron chi connectivity index (χ2n) is 6.19. The summed E-state index contributed by atoms with van der Waals surface area (Å²) in [6.45, 7) is 16.4. The number of nitrogens with zero attached hydrogens (tertiary/aromatic N) is 1. The summed E-state index contributed by atoms with van der Waals surface area (Å²) >= 11 is 0. The SMILES string of the molecule is CC1CN(C(C)CNC(C)(C)C)CC(C)O1. The van der Waals surface area contributed by atoms with Gasteiger partial charge in [0, 0.05) is 31.2 Å². The Morgan fingerprint density at radius 2 is 1.75 bits per heavy atom. The first kappa shape index (κ1) is 13.9. The van der Waals surface area contributed by atoms with Crippen LogP contribution < -0.4 is 5.32 Å². The van der Waals surface area contributed by atoms with Gasteiger partial charge in [0.15, 0.2) is 0 Å². The van der Waals surface area contributed by atoms with Crippen LogP contribution in [0.4, 0.5) is 0 Å². The van der Waals surface area contributed by atoms with Crippen LogP contribution in [-0.2, 0) is 4.74 Å². The lowest BCUT2D eigenvalue weighted by Crippen LogP contribution is -2.53. The zero-order valence-corrected chi connectivity index (χ0v) is 11.7. The van der Waals surface area contributed by atoms with E-state index in [1.54, 1.807) is 0 Å². The average molecular weight is 228 g/mol. The number of hydrogen-bond donors (Lipinski definition) is 1.